The van der Waals surface area contributed by atoms with Crippen molar-refractivity contribution in [3.8, 4) is 0 Å². The molecule has 0 saturated heterocycles. The van der Waals surface area contributed by atoms with Crippen LogP contribution in [0.2, 0.25) is 0 Å². The summed E-state index contributed by atoms with van der Waals surface area (Å²) < 4.78 is 0. The summed E-state index contributed by atoms with van der Waals surface area (Å²) in [6.07, 6.45) is 12.5. The number of hydrogen-bond donors (Lipinski definition) is 2. The molecule has 0 bridgehead atoms. The molecular weight excluding hydrogens is 248 g/mol. The highest BCUT2D eigenvalue weighted by molar-refractivity contribution is 5.76. The summed E-state index contributed by atoms with van der Waals surface area (Å²) in [5, 5.41) is 3.24. The van der Waals surface area contributed by atoms with E-state index in [0.29, 0.717) is 13.0 Å². The molecule has 118 valence electrons. The Hall–Kier alpha value is -0.570. The molecule has 0 aromatic heterocycles. The zero-order valence-electron chi connectivity index (χ0n) is 13.5. The smallest absolute Gasteiger partial charge is 0.220 e. The average Bonchev–Trinajstić information content (AvgIpc) is 2.45. The minimum atomic E-state index is -0.105. The molecule has 1 saturated carbocycles. The van der Waals surface area contributed by atoms with Crippen molar-refractivity contribution >= 4 is 5.91 Å². The lowest BCUT2D eigenvalue weighted by Gasteiger charge is -2.39. The quantitative estimate of drug-likeness (QED) is 0.633. The van der Waals surface area contributed by atoms with Gasteiger partial charge in [0.15, 0.2) is 0 Å². The first-order valence-electron chi connectivity index (χ1n) is 8.63. The Bertz CT molecular complexity index is 270. The van der Waals surface area contributed by atoms with Gasteiger partial charge in [-0.05, 0) is 38.0 Å². The minimum Gasteiger partial charge on any atom is -0.349 e. The van der Waals surface area contributed by atoms with Crippen molar-refractivity contribution in [3.63, 3.8) is 0 Å². The summed E-state index contributed by atoms with van der Waals surface area (Å²) in [5.41, 5.74) is 5.82. The van der Waals surface area contributed by atoms with Gasteiger partial charge in [0.05, 0.1) is 5.54 Å². The van der Waals surface area contributed by atoms with Gasteiger partial charge in [0.1, 0.15) is 0 Å². The predicted octanol–water partition coefficient (Wildman–Crippen LogP) is 3.76. The van der Waals surface area contributed by atoms with Gasteiger partial charge in [-0.2, -0.15) is 0 Å². The highest BCUT2D eigenvalue weighted by Crippen LogP contribution is 2.31. The number of rotatable bonds is 9. The van der Waals surface area contributed by atoms with E-state index in [2.05, 4.69) is 19.2 Å². The molecule has 1 aliphatic carbocycles. The summed E-state index contributed by atoms with van der Waals surface area (Å²) in [6.45, 7) is 5.10. The lowest BCUT2D eigenvalue weighted by atomic mass is 9.77. The van der Waals surface area contributed by atoms with Crippen LogP contribution in [0.4, 0.5) is 0 Å². The van der Waals surface area contributed by atoms with E-state index in [1.54, 1.807) is 0 Å². The fraction of sp³-hybridized carbons (Fsp3) is 0.941. The Morgan fingerprint density at radius 1 is 1.15 bits per heavy atom. The van der Waals surface area contributed by atoms with Crippen molar-refractivity contribution in [2.24, 2.45) is 11.7 Å². The first-order chi connectivity index (χ1) is 9.62. The summed E-state index contributed by atoms with van der Waals surface area (Å²) >= 11 is 0. The Balaban J connectivity index is 2.19. The molecule has 0 heterocycles. The summed E-state index contributed by atoms with van der Waals surface area (Å²) in [5.74, 6) is 0.991. The van der Waals surface area contributed by atoms with Crippen LogP contribution in [0.25, 0.3) is 0 Å². The highest BCUT2D eigenvalue weighted by Gasteiger charge is 2.33. The molecule has 0 radical (unpaired) electrons. The average molecular weight is 282 g/mol. The Labute approximate surface area is 125 Å². The molecule has 3 N–H and O–H groups in total. The molecule has 0 atom stereocenters. The molecule has 0 spiro atoms. The third-order valence-corrected chi connectivity index (χ3v) is 4.78. The number of carbonyl (C=O) groups is 1. The van der Waals surface area contributed by atoms with E-state index >= 15 is 0 Å². The number of unbranched alkanes of at least 4 members (excludes halogenated alkanes) is 5. The number of hydrogen-bond acceptors (Lipinski definition) is 2. The molecule has 3 heteroatoms. The second kappa shape index (κ2) is 9.38. The molecule has 0 aromatic carbocycles. The van der Waals surface area contributed by atoms with Crippen LogP contribution in [0.15, 0.2) is 0 Å². The van der Waals surface area contributed by atoms with E-state index in [1.807, 2.05) is 0 Å². The van der Waals surface area contributed by atoms with Gasteiger partial charge in [-0.25, -0.2) is 0 Å². The van der Waals surface area contributed by atoms with Crippen molar-refractivity contribution < 1.29 is 4.79 Å². The van der Waals surface area contributed by atoms with Crippen molar-refractivity contribution in [2.75, 3.05) is 6.54 Å². The highest BCUT2D eigenvalue weighted by atomic mass is 16.1. The second-order valence-electron chi connectivity index (χ2n) is 6.73. The van der Waals surface area contributed by atoms with Gasteiger partial charge in [-0.3, -0.25) is 4.79 Å². The first kappa shape index (κ1) is 17.5. The van der Waals surface area contributed by atoms with Crippen molar-refractivity contribution in [1.82, 2.24) is 5.32 Å². The van der Waals surface area contributed by atoms with E-state index in [0.717, 1.165) is 25.2 Å². The third kappa shape index (κ3) is 6.25. The van der Waals surface area contributed by atoms with Gasteiger partial charge in [0.25, 0.3) is 0 Å². The number of carbonyl (C=O) groups excluding carboxylic acids is 1. The van der Waals surface area contributed by atoms with Crippen LogP contribution in [0.3, 0.4) is 0 Å². The van der Waals surface area contributed by atoms with Gasteiger partial charge < -0.3 is 11.1 Å². The molecule has 20 heavy (non-hydrogen) atoms. The SMILES string of the molecule is CCCCCCCCC(=O)NC1(CN)CCC(C)CC1. The predicted molar refractivity (Wildman–Crippen MR) is 85.6 cm³/mol. The summed E-state index contributed by atoms with van der Waals surface area (Å²) in [7, 11) is 0. The molecular formula is C17H34N2O. The Morgan fingerprint density at radius 3 is 2.35 bits per heavy atom. The topological polar surface area (TPSA) is 55.1 Å². The van der Waals surface area contributed by atoms with Crippen LogP contribution >= 0.6 is 0 Å². The monoisotopic (exact) mass is 282 g/mol. The van der Waals surface area contributed by atoms with Gasteiger partial charge in [0.2, 0.25) is 5.91 Å². The third-order valence-electron chi connectivity index (χ3n) is 4.78. The Morgan fingerprint density at radius 2 is 1.75 bits per heavy atom. The molecule has 1 aliphatic rings. The first-order valence-corrected chi connectivity index (χ1v) is 8.63. The maximum absolute atomic E-state index is 12.1. The molecule has 0 unspecified atom stereocenters. The van der Waals surface area contributed by atoms with Gasteiger partial charge in [0, 0.05) is 13.0 Å². The zero-order valence-corrected chi connectivity index (χ0v) is 13.5. The van der Waals surface area contributed by atoms with E-state index in [9.17, 15) is 4.79 Å². The van der Waals surface area contributed by atoms with E-state index in [1.165, 1.54) is 44.9 Å². The van der Waals surface area contributed by atoms with E-state index < -0.39 is 0 Å². The number of nitrogens with two attached hydrogens (primary N) is 1. The lowest BCUT2D eigenvalue weighted by molar-refractivity contribution is -0.123. The van der Waals surface area contributed by atoms with Crippen LogP contribution in [0.1, 0.15) is 84.5 Å². The fourth-order valence-corrected chi connectivity index (χ4v) is 3.12. The maximum atomic E-state index is 12.1. The fourth-order valence-electron chi connectivity index (χ4n) is 3.12. The maximum Gasteiger partial charge on any atom is 0.220 e. The summed E-state index contributed by atoms with van der Waals surface area (Å²) in [6, 6.07) is 0. The normalized spacial score (nSPS) is 26.4. The second-order valence-corrected chi connectivity index (χ2v) is 6.73. The van der Waals surface area contributed by atoms with Crippen LogP contribution in [0, 0.1) is 5.92 Å². The molecule has 1 amide bonds. The molecule has 0 aliphatic heterocycles. The zero-order chi connectivity index (χ0) is 14.8. The Kier molecular flexibility index (Phi) is 8.20. The van der Waals surface area contributed by atoms with Crippen LogP contribution in [-0.4, -0.2) is 18.0 Å². The number of amides is 1. The molecule has 1 fully saturated rings. The van der Waals surface area contributed by atoms with E-state index in [-0.39, 0.29) is 11.4 Å². The number of nitrogens with one attached hydrogen (secondary N) is 1. The minimum absolute atomic E-state index is 0.105. The molecule has 1 rings (SSSR count). The molecule has 3 nitrogen and oxygen atoms in total. The van der Waals surface area contributed by atoms with Crippen molar-refractivity contribution in [2.45, 2.75) is 90.0 Å². The van der Waals surface area contributed by atoms with Gasteiger partial charge in [-0.15, -0.1) is 0 Å². The van der Waals surface area contributed by atoms with Gasteiger partial charge >= 0.3 is 0 Å². The van der Waals surface area contributed by atoms with Crippen LogP contribution in [0.5, 0.6) is 0 Å². The molecule has 0 aromatic rings. The largest absolute Gasteiger partial charge is 0.349 e. The van der Waals surface area contributed by atoms with Crippen molar-refractivity contribution in [3.05, 3.63) is 0 Å². The lowest BCUT2D eigenvalue weighted by Crippen LogP contribution is -2.55. The van der Waals surface area contributed by atoms with Crippen LogP contribution < -0.4 is 11.1 Å². The standard InChI is InChI=1S/C17H34N2O/c1-3-4-5-6-7-8-9-16(20)19-17(14-18)12-10-15(2)11-13-17/h15H,3-14,18H2,1-2H3,(H,19,20). The summed E-state index contributed by atoms with van der Waals surface area (Å²) in [4.78, 5) is 12.1. The van der Waals surface area contributed by atoms with Gasteiger partial charge in [-0.1, -0.05) is 46.0 Å². The van der Waals surface area contributed by atoms with Crippen molar-refractivity contribution in [1.29, 1.82) is 0 Å². The van der Waals surface area contributed by atoms with E-state index in [4.69, 9.17) is 5.73 Å². The van der Waals surface area contributed by atoms with Crippen LogP contribution in [-0.2, 0) is 4.79 Å².